The fraction of sp³-hybridized carbons (Fsp3) is 0.255. The summed E-state index contributed by atoms with van der Waals surface area (Å²) < 4.78 is 133. The number of carbonyl (C=O) groups excluding carboxylic acids is 3. The molecule has 87 heavy (non-hydrogen) atoms. The number of H-pyrrole nitrogens is 1. The van der Waals surface area contributed by atoms with Crippen molar-refractivity contribution in [1.29, 1.82) is 0 Å². The Morgan fingerprint density at radius 1 is 0.724 bits per heavy atom. The fourth-order valence-corrected chi connectivity index (χ4v) is 7.41. The van der Waals surface area contributed by atoms with Crippen LogP contribution in [0.4, 0.5) is 38.0 Å². The van der Waals surface area contributed by atoms with Gasteiger partial charge in [-0.1, -0.05) is 45.0 Å². The summed E-state index contributed by atoms with van der Waals surface area (Å²) in [7, 11) is 0. The molecule has 31 nitrogen and oxygen atoms in total. The molecule has 0 aromatic carbocycles. The van der Waals surface area contributed by atoms with Gasteiger partial charge in [0.25, 0.3) is 17.6 Å². The SMILES string of the molecule is Cc1noc(Cn2c(=O)[nH]c3ncn(C(C)C(=O)Nc4cccc(-c5cnc(C(F)(F)F)nc5)n4)c3c2=O)n1.O=CO[O-].[2H]C([2H])([2H])I.[2H]C([2H])([2H])n1c(=O)n(Cc2nc(C)no2)c(=O)c2c1ncn2C(C)C(=O)Nc1cccc(-c2cnc(C(F)(F)F)nc2)n1.[H-].[K+].[K+]. The predicted octanol–water partition coefficient (Wildman–Crippen LogP) is -2.99. The molecule has 10 heterocycles. The number of aromatic nitrogens is 18. The monoisotopic (exact) mass is 1390 g/mol. The van der Waals surface area contributed by atoms with E-state index >= 15 is 0 Å². The molecule has 3 N–H and O–H groups in total. The molecule has 10 aromatic heterocycles. The summed E-state index contributed by atoms with van der Waals surface area (Å²) in [6.07, 6.45) is -3.29. The van der Waals surface area contributed by atoms with E-state index in [1.807, 2.05) is 0 Å². The number of halogens is 7. The van der Waals surface area contributed by atoms with Gasteiger partial charge >= 0.3 is 127 Å². The smallest absolute Gasteiger partial charge is 1.00 e. The topological polar surface area (TPSA) is 397 Å². The molecule has 0 spiro atoms. The number of carbonyl (C=O) groups is 3. The number of rotatable bonds is 13. The summed E-state index contributed by atoms with van der Waals surface area (Å²) in [6.45, 7) is 1.92. The van der Waals surface area contributed by atoms with Crippen molar-refractivity contribution in [1.82, 2.24) is 88.0 Å². The van der Waals surface area contributed by atoms with E-state index in [9.17, 15) is 55.1 Å². The van der Waals surface area contributed by atoms with E-state index in [1.165, 1.54) is 90.7 Å². The number of anilines is 2. The minimum atomic E-state index is -4.72. The number of hydrogen-bond donors (Lipinski definition) is 3. The molecule has 0 bridgehead atoms. The first-order chi connectivity index (χ1) is 42.6. The van der Waals surface area contributed by atoms with E-state index in [1.54, 1.807) is 6.92 Å². The van der Waals surface area contributed by atoms with Gasteiger partial charge < -0.3 is 40.4 Å². The second-order valence-electron chi connectivity index (χ2n) is 16.9. The van der Waals surface area contributed by atoms with Crippen LogP contribution >= 0.6 is 22.6 Å². The summed E-state index contributed by atoms with van der Waals surface area (Å²) in [4.78, 5) is 128. The van der Waals surface area contributed by atoms with Crippen LogP contribution in [-0.2, 0) is 51.7 Å². The maximum absolute atomic E-state index is 13.5. The summed E-state index contributed by atoms with van der Waals surface area (Å²) in [5.74, 6) is -3.37. The van der Waals surface area contributed by atoms with Gasteiger partial charge in [-0.2, -0.15) is 36.3 Å². The second kappa shape index (κ2) is 30.8. The Bertz CT molecular complexity index is 4540. The van der Waals surface area contributed by atoms with Crippen LogP contribution in [0.2, 0.25) is 0 Å². The van der Waals surface area contributed by atoms with Crippen molar-refractivity contribution in [3.63, 3.8) is 0 Å². The number of pyridine rings is 2. The van der Waals surface area contributed by atoms with Crippen molar-refractivity contribution >= 4 is 74.8 Å². The summed E-state index contributed by atoms with van der Waals surface area (Å²) in [5.41, 5.74) is -3.82. The molecule has 2 atom stereocenters. The number of aromatic amines is 1. The third-order valence-electron chi connectivity index (χ3n) is 11.3. The molecule has 446 valence electrons. The normalized spacial score (nSPS) is 13.0. The van der Waals surface area contributed by atoms with Crippen LogP contribution in [-0.4, -0.2) is 111 Å². The van der Waals surface area contributed by atoms with Crippen LogP contribution in [0.3, 0.4) is 0 Å². The van der Waals surface area contributed by atoms with Gasteiger partial charge in [-0.05, 0) is 56.8 Å². The van der Waals surface area contributed by atoms with Crippen LogP contribution in [0.25, 0.3) is 44.8 Å². The number of imidazole rings is 2. The zero-order chi connectivity index (χ0) is 67.1. The molecular formula is C47H41F6IK2N20O11. The molecule has 10 aromatic rings. The molecule has 0 saturated heterocycles. The van der Waals surface area contributed by atoms with Crippen molar-refractivity contribution in [2.45, 2.75) is 65.2 Å². The Hall–Kier alpha value is -7.01. The molecule has 0 fully saturated rings. The summed E-state index contributed by atoms with van der Waals surface area (Å²) >= 11 is 1.38. The Labute approximate surface area is 589 Å². The van der Waals surface area contributed by atoms with Gasteiger partial charge in [0.05, 0.1) is 24.0 Å². The van der Waals surface area contributed by atoms with Crippen molar-refractivity contribution in [2.75, 3.05) is 15.5 Å². The minimum Gasteiger partial charge on any atom is -1.00 e. The van der Waals surface area contributed by atoms with Gasteiger partial charge in [0.1, 0.15) is 36.8 Å². The van der Waals surface area contributed by atoms with E-state index in [0.717, 1.165) is 40.2 Å². The Kier molecular flexibility index (Phi) is 21.8. The average Bonchev–Trinajstić information content (AvgIpc) is 1.49. The van der Waals surface area contributed by atoms with Gasteiger partial charge in [0.15, 0.2) is 34.0 Å². The maximum atomic E-state index is 13.5. The average molecular weight is 1390 g/mol. The van der Waals surface area contributed by atoms with Crippen molar-refractivity contribution in [3.05, 3.63) is 151 Å². The molecule has 2 unspecified atom stereocenters. The van der Waals surface area contributed by atoms with E-state index < -0.39 is 94.4 Å². The molecule has 0 aliphatic rings. The molecular weight excluding hydrogens is 1340 g/mol. The van der Waals surface area contributed by atoms with Crippen molar-refractivity contribution in [3.8, 4) is 22.5 Å². The van der Waals surface area contributed by atoms with Crippen LogP contribution in [0.15, 0.2) is 102 Å². The number of hydrogen-bond acceptors (Lipinski definition) is 23. The number of amides is 2. The molecule has 0 aliphatic heterocycles. The zero-order valence-corrected chi connectivity index (χ0v) is 53.7. The third-order valence-corrected chi connectivity index (χ3v) is 11.3. The van der Waals surface area contributed by atoms with Crippen LogP contribution in [0.5, 0.6) is 0 Å². The Morgan fingerprint density at radius 3 is 1.56 bits per heavy atom. The van der Waals surface area contributed by atoms with Crippen molar-refractivity contribution < 1.29 is 172 Å². The number of fused-ring (bicyclic) bond motifs is 2. The van der Waals surface area contributed by atoms with Gasteiger partial charge in [-0.15, -0.1) is 0 Å². The zero-order valence-electron chi connectivity index (χ0n) is 52.3. The summed E-state index contributed by atoms with van der Waals surface area (Å²) in [6, 6.07) is 6.70. The predicted molar refractivity (Wildman–Crippen MR) is 286 cm³/mol. The van der Waals surface area contributed by atoms with Gasteiger partial charge in [-0.25, -0.2) is 58.6 Å². The van der Waals surface area contributed by atoms with Crippen molar-refractivity contribution in [2.24, 2.45) is 6.98 Å². The van der Waals surface area contributed by atoms with Crippen LogP contribution in [0, 0.1) is 13.8 Å². The molecule has 10 rings (SSSR count). The first kappa shape index (κ1) is 61.6. The third kappa shape index (κ3) is 17.0. The van der Waals surface area contributed by atoms with Gasteiger partial charge in [-0.3, -0.25) is 33.5 Å². The number of alkyl halides is 7. The Balaban J connectivity index is 0.000000346. The van der Waals surface area contributed by atoms with Gasteiger partial charge in [0, 0.05) is 51.1 Å². The van der Waals surface area contributed by atoms with Crippen LogP contribution in [0.1, 0.15) is 70.7 Å². The molecule has 2 amide bonds. The maximum Gasteiger partial charge on any atom is 1.00 e. The Morgan fingerprint density at radius 2 is 1.15 bits per heavy atom. The fourth-order valence-electron chi connectivity index (χ4n) is 7.41. The molecule has 0 saturated carbocycles. The molecule has 0 radical (unpaired) electrons. The first-order valence-corrected chi connectivity index (χ1v) is 24.4. The summed E-state index contributed by atoms with van der Waals surface area (Å²) in [5, 5.41) is 20.8. The van der Waals surface area contributed by atoms with Gasteiger partial charge in [0.2, 0.25) is 35.2 Å². The first-order valence-electron chi connectivity index (χ1n) is 26.3. The van der Waals surface area contributed by atoms with E-state index in [0.29, 0.717) is 15.0 Å². The quantitative estimate of drug-likeness (QED) is 0.0197. The van der Waals surface area contributed by atoms with E-state index in [2.05, 4.69) is 80.7 Å². The van der Waals surface area contributed by atoms with E-state index in [4.69, 9.17) is 27.3 Å². The number of aryl methyl sites for hydroxylation is 3. The second-order valence-corrected chi connectivity index (χ2v) is 16.9. The number of nitrogens with zero attached hydrogens (tertiary/aromatic N) is 17. The minimum absolute atomic E-state index is 0. The van der Waals surface area contributed by atoms with E-state index in [-0.39, 0.29) is 186 Å². The largest absolute Gasteiger partial charge is 1.00 e. The number of nitrogens with one attached hydrogen (secondary N) is 3. The standard InChI is InChI=1S/C23H19F3N10O4.C22H17F3N10O4.CH3I.CH2O3.2K.H/c1-11(19(37)32-15-6-4-5-14(31-15)13-7-27-21(28-8-13)23(24,25)26)36-10-29-18-17(36)20(38)35(22(39)34(18)3)9-16-30-12(2)33-40-16;1-10(18(36)31-14-5-3-4-13(30-14)12-6-26-20(27-7-12)22(23,24)25)35-9-28-17-16(35)19(37)34(21(38)32-17)8-15-29-11(2)33-39-15;1-2;2-1-4-3;;;/h4-8,10-11H,9H2,1-3H3,(H,31,32,37);3-7,9-10H,8H2,1-2H3,(H,32,38)(H,30,31,36);1H3;1,3H;;;/q;;;;2*+1;-1/p-1/i3D3;;1D3;;;;. The molecule has 0 aliphatic carbocycles. The van der Waals surface area contributed by atoms with Crippen LogP contribution < -0.4 is 141 Å². The molecule has 40 heteroatoms.